The van der Waals surface area contributed by atoms with Crippen LogP contribution in [0.1, 0.15) is 58.8 Å². The van der Waals surface area contributed by atoms with Crippen molar-refractivity contribution in [2.75, 3.05) is 0 Å². The molecule has 0 radical (unpaired) electrons. The fourth-order valence-electron chi connectivity index (χ4n) is 6.85. The molecule has 3 nitrogen and oxygen atoms in total. The number of carbonyl (C=O) groups is 2. The van der Waals surface area contributed by atoms with Crippen molar-refractivity contribution in [2.24, 2.45) is 34.5 Å². The first kappa shape index (κ1) is 16.1. The Bertz CT molecular complexity index is 645. The second-order valence-corrected chi connectivity index (χ2v) is 9.02. The number of aliphatic carboxylic acids is 1. The molecule has 3 fully saturated rings. The van der Waals surface area contributed by atoms with Gasteiger partial charge in [-0.25, -0.2) is 0 Å². The Labute approximate surface area is 144 Å². The second kappa shape index (κ2) is 5.31. The molecule has 0 amide bonds. The number of allylic oxidation sites excluding steroid dienone is 4. The van der Waals surface area contributed by atoms with Crippen LogP contribution in [0.4, 0.5) is 0 Å². The zero-order valence-electron chi connectivity index (χ0n) is 14.8. The maximum Gasteiger partial charge on any atom is 0.303 e. The molecule has 0 spiro atoms. The van der Waals surface area contributed by atoms with Crippen LogP contribution in [0.15, 0.2) is 23.8 Å². The predicted octanol–water partition coefficient (Wildman–Crippen LogP) is 4.39. The lowest BCUT2D eigenvalue weighted by Crippen LogP contribution is -2.49. The van der Waals surface area contributed by atoms with Crippen LogP contribution < -0.4 is 0 Å². The highest BCUT2D eigenvalue weighted by Crippen LogP contribution is 2.66. The summed E-state index contributed by atoms with van der Waals surface area (Å²) < 4.78 is 0. The van der Waals surface area contributed by atoms with Crippen LogP contribution in [0.2, 0.25) is 0 Å². The topological polar surface area (TPSA) is 54.4 Å². The number of fused-ring (bicyclic) bond motifs is 5. The highest BCUT2D eigenvalue weighted by atomic mass is 16.4. The Hall–Kier alpha value is -1.38. The number of carboxylic acids is 1. The fourth-order valence-corrected chi connectivity index (χ4v) is 6.85. The standard InChI is InChI=1S/C21H28O3/c1-20-9-7-15(22)11-13(20)3-5-16-17-6-4-14(12-19(23)24)21(17,2)10-8-18(16)20/h7,9,11,14,16-18H,3-6,8,10,12H2,1-2H3,(H,23,24)/t14-,16+,17+,18+,20+,21-/m1/s1. The van der Waals surface area contributed by atoms with Gasteiger partial charge in [-0.1, -0.05) is 25.5 Å². The number of carboxylic acid groups (broad SMARTS) is 1. The third-order valence-electron chi connectivity index (χ3n) is 8.17. The number of rotatable bonds is 2. The van der Waals surface area contributed by atoms with Crippen molar-refractivity contribution in [3.05, 3.63) is 23.8 Å². The van der Waals surface area contributed by atoms with E-state index in [0.717, 1.165) is 19.3 Å². The van der Waals surface area contributed by atoms with E-state index in [4.69, 9.17) is 0 Å². The van der Waals surface area contributed by atoms with Gasteiger partial charge in [0.15, 0.2) is 5.78 Å². The van der Waals surface area contributed by atoms with E-state index in [-0.39, 0.29) is 16.6 Å². The number of hydrogen-bond donors (Lipinski definition) is 1. The molecule has 6 atom stereocenters. The molecule has 4 aliphatic rings. The van der Waals surface area contributed by atoms with Crippen LogP contribution in [-0.4, -0.2) is 16.9 Å². The summed E-state index contributed by atoms with van der Waals surface area (Å²) in [7, 11) is 0. The van der Waals surface area contributed by atoms with Gasteiger partial charge in [-0.3, -0.25) is 9.59 Å². The molecule has 0 aromatic rings. The van der Waals surface area contributed by atoms with Crippen LogP contribution in [0.3, 0.4) is 0 Å². The minimum atomic E-state index is -0.640. The van der Waals surface area contributed by atoms with Crippen molar-refractivity contribution in [3.8, 4) is 0 Å². The van der Waals surface area contributed by atoms with Crippen molar-refractivity contribution >= 4 is 11.8 Å². The molecule has 3 saturated carbocycles. The maximum absolute atomic E-state index is 11.8. The minimum Gasteiger partial charge on any atom is -0.481 e. The highest BCUT2D eigenvalue weighted by Gasteiger charge is 2.58. The van der Waals surface area contributed by atoms with Crippen LogP contribution >= 0.6 is 0 Å². The van der Waals surface area contributed by atoms with E-state index in [1.54, 1.807) is 6.08 Å². The first-order valence-electron chi connectivity index (χ1n) is 9.50. The number of ketones is 1. The summed E-state index contributed by atoms with van der Waals surface area (Å²) in [6.45, 7) is 4.69. The number of hydrogen-bond acceptors (Lipinski definition) is 2. The van der Waals surface area contributed by atoms with Gasteiger partial charge >= 0.3 is 5.97 Å². The molecule has 0 bridgehead atoms. The largest absolute Gasteiger partial charge is 0.481 e. The van der Waals surface area contributed by atoms with Crippen LogP contribution in [0.25, 0.3) is 0 Å². The van der Waals surface area contributed by atoms with Crippen molar-refractivity contribution in [1.29, 1.82) is 0 Å². The van der Waals surface area contributed by atoms with E-state index in [9.17, 15) is 14.7 Å². The van der Waals surface area contributed by atoms with E-state index >= 15 is 0 Å². The van der Waals surface area contributed by atoms with E-state index in [1.807, 2.05) is 6.08 Å². The number of carbonyl (C=O) groups excluding carboxylic acids is 1. The van der Waals surface area contributed by atoms with Crippen molar-refractivity contribution in [2.45, 2.75) is 58.8 Å². The lowest BCUT2D eigenvalue weighted by Gasteiger charge is -2.57. The first-order chi connectivity index (χ1) is 11.3. The highest BCUT2D eigenvalue weighted by molar-refractivity contribution is 6.01. The molecule has 130 valence electrons. The van der Waals surface area contributed by atoms with Gasteiger partial charge in [0.2, 0.25) is 0 Å². The van der Waals surface area contributed by atoms with E-state index in [1.165, 1.54) is 24.8 Å². The van der Waals surface area contributed by atoms with Gasteiger partial charge in [0.1, 0.15) is 0 Å². The maximum atomic E-state index is 11.8. The molecule has 24 heavy (non-hydrogen) atoms. The van der Waals surface area contributed by atoms with Gasteiger partial charge < -0.3 is 5.11 Å². The molecule has 0 heterocycles. The first-order valence-corrected chi connectivity index (χ1v) is 9.50. The Kier molecular flexibility index (Phi) is 3.56. The van der Waals surface area contributed by atoms with E-state index in [2.05, 4.69) is 19.9 Å². The molecule has 0 aliphatic heterocycles. The summed E-state index contributed by atoms with van der Waals surface area (Å²) in [5.74, 6) is 1.80. The van der Waals surface area contributed by atoms with Crippen LogP contribution in [0.5, 0.6) is 0 Å². The SMILES string of the molecule is C[C@]12CC[C@H]3[C@@H](CCC4=CC(=O)C=C[C@@]43C)[C@@H]1CC[C@@H]2CC(=O)O. The average molecular weight is 328 g/mol. The molecule has 0 saturated heterocycles. The molecule has 1 N–H and O–H groups in total. The van der Waals surface area contributed by atoms with E-state index < -0.39 is 5.97 Å². The van der Waals surface area contributed by atoms with Gasteiger partial charge in [0, 0.05) is 11.8 Å². The quantitative estimate of drug-likeness (QED) is 0.818. The molecule has 4 rings (SSSR count). The molecule has 0 unspecified atom stereocenters. The predicted molar refractivity (Wildman–Crippen MR) is 92.4 cm³/mol. The molecular weight excluding hydrogens is 300 g/mol. The average Bonchev–Trinajstić information content (AvgIpc) is 2.84. The third kappa shape index (κ3) is 2.16. The molecule has 0 aromatic carbocycles. The van der Waals surface area contributed by atoms with Gasteiger partial charge in [-0.05, 0) is 79.8 Å². The monoisotopic (exact) mass is 328 g/mol. The summed E-state index contributed by atoms with van der Waals surface area (Å²) >= 11 is 0. The van der Waals surface area contributed by atoms with Crippen molar-refractivity contribution in [1.82, 2.24) is 0 Å². The zero-order chi connectivity index (χ0) is 17.1. The third-order valence-corrected chi connectivity index (χ3v) is 8.17. The minimum absolute atomic E-state index is 0.0447. The molecule has 0 aromatic heterocycles. The van der Waals surface area contributed by atoms with Crippen LogP contribution in [0, 0.1) is 34.5 Å². The Morgan fingerprint density at radius 2 is 2.00 bits per heavy atom. The molecule has 3 heteroatoms. The van der Waals surface area contributed by atoms with E-state index in [0.29, 0.717) is 30.1 Å². The second-order valence-electron chi connectivity index (χ2n) is 9.02. The summed E-state index contributed by atoms with van der Waals surface area (Å²) in [4.78, 5) is 23.1. The zero-order valence-corrected chi connectivity index (χ0v) is 14.8. The lowest BCUT2D eigenvalue weighted by atomic mass is 9.47. The Balaban J connectivity index is 1.63. The smallest absolute Gasteiger partial charge is 0.303 e. The summed E-state index contributed by atoms with van der Waals surface area (Å²) in [5, 5.41) is 9.28. The van der Waals surface area contributed by atoms with Crippen LogP contribution in [-0.2, 0) is 9.59 Å². The summed E-state index contributed by atoms with van der Waals surface area (Å²) in [6.07, 6.45) is 12.9. The summed E-state index contributed by atoms with van der Waals surface area (Å²) in [5.41, 5.74) is 1.58. The fraction of sp³-hybridized carbons (Fsp3) is 0.714. The van der Waals surface area contributed by atoms with Crippen molar-refractivity contribution in [3.63, 3.8) is 0 Å². The Morgan fingerprint density at radius 1 is 1.21 bits per heavy atom. The molecular formula is C21H28O3. The van der Waals surface area contributed by atoms with Gasteiger partial charge in [0.05, 0.1) is 0 Å². The molecule has 4 aliphatic carbocycles. The van der Waals surface area contributed by atoms with Gasteiger partial charge in [-0.15, -0.1) is 0 Å². The van der Waals surface area contributed by atoms with Gasteiger partial charge in [0.25, 0.3) is 0 Å². The Morgan fingerprint density at radius 3 is 2.75 bits per heavy atom. The summed E-state index contributed by atoms with van der Waals surface area (Å²) in [6, 6.07) is 0. The normalized spacial score (nSPS) is 46.8. The van der Waals surface area contributed by atoms with Crippen molar-refractivity contribution < 1.29 is 14.7 Å². The lowest BCUT2D eigenvalue weighted by molar-refractivity contribution is -0.140. The van der Waals surface area contributed by atoms with Gasteiger partial charge in [-0.2, -0.15) is 0 Å².